The average molecular weight is 437 g/mol. The number of benzene rings is 1. The van der Waals surface area contributed by atoms with Gasteiger partial charge in [0, 0.05) is 49.9 Å². The molecule has 3 aliphatic rings. The molecule has 1 amide bonds. The molecule has 166 valence electrons. The number of pyridine rings is 1. The van der Waals surface area contributed by atoms with Gasteiger partial charge in [-0.05, 0) is 55.5 Å². The first-order valence-electron chi connectivity index (χ1n) is 11.1. The van der Waals surface area contributed by atoms with Gasteiger partial charge >= 0.3 is 0 Å². The Labute approximate surface area is 185 Å². The molecule has 1 N–H and O–H groups in total. The Hall–Kier alpha value is -3.05. The van der Waals surface area contributed by atoms with Crippen LogP contribution < -0.4 is 10.2 Å². The number of carbonyl (C=O) groups excluding carboxylic acids is 1. The topological polar surface area (TPSA) is 72.3 Å². The molecule has 1 aromatic carbocycles. The van der Waals surface area contributed by atoms with Crippen LogP contribution in [0, 0.1) is 23.0 Å². The second kappa shape index (κ2) is 8.14. The lowest BCUT2D eigenvalue weighted by molar-refractivity contribution is -0.132. The lowest BCUT2D eigenvalue weighted by atomic mass is 10.0. The molecule has 1 saturated carbocycles. The Bertz CT molecular complexity index is 1050. The van der Waals surface area contributed by atoms with Crippen LogP contribution in [-0.2, 0) is 10.3 Å². The van der Waals surface area contributed by atoms with Gasteiger partial charge in [-0.25, -0.2) is 13.8 Å². The van der Waals surface area contributed by atoms with Gasteiger partial charge in [0.1, 0.15) is 11.9 Å². The number of nitrogens with one attached hydrogen (secondary N) is 1. The van der Waals surface area contributed by atoms with Crippen LogP contribution in [0.5, 0.6) is 0 Å². The smallest absolute Gasteiger partial charge is 0.223 e. The first-order valence-corrected chi connectivity index (χ1v) is 11.1. The second-order valence-corrected chi connectivity index (χ2v) is 9.00. The molecule has 2 atom stereocenters. The van der Waals surface area contributed by atoms with E-state index < -0.39 is 11.6 Å². The number of nitrogens with zero attached hydrogens (tertiary/aromatic N) is 4. The lowest BCUT2D eigenvalue weighted by Crippen LogP contribution is -2.56. The van der Waals surface area contributed by atoms with E-state index in [0.717, 1.165) is 43.1 Å². The third-order valence-electron chi connectivity index (χ3n) is 7.00. The van der Waals surface area contributed by atoms with Gasteiger partial charge in [-0.15, -0.1) is 0 Å². The van der Waals surface area contributed by atoms with Crippen LogP contribution in [-0.4, -0.2) is 47.5 Å². The summed E-state index contributed by atoms with van der Waals surface area (Å²) >= 11 is 0. The van der Waals surface area contributed by atoms with Crippen molar-refractivity contribution in [3.63, 3.8) is 0 Å². The number of amides is 1. The fourth-order valence-electron chi connectivity index (χ4n) is 5.14. The van der Waals surface area contributed by atoms with E-state index in [1.165, 1.54) is 6.07 Å². The number of rotatable bonds is 6. The molecule has 8 heteroatoms. The molecule has 2 aromatic rings. The van der Waals surface area contributed by atoms with Crippen LogP contribution in [0.4, 0.5) is 14.6 Å². The van der Waals surface area contributed by atoms with Gasteiger partial charge in [0.25, 0.3) is 0 Å². The molecule has 1 aromatic heterocycles. The van der Waals surface area contributed by atoms with Crippen LogP contribution in [0.25, 0.3) is 0 Å². The summed E-state index contributed by atoms with van der Waals surface area (Å²) in [6.07, 6.45) is 5.72. The van der Waals surface area contributed by atoms with E-state index in [0.29, 0.717) is 31.6 Å². The van der Waals surface area contributed by atoms with E-state index >= 15 is 0 Å². The van der Waals surface area contributed by atoms with Crippen LogP contribution in [0.1, 0.15) is 43.2 Å². The van der Waals surface area contributed by atoms with Crippen molar-refractivity contribution in [2.75, 3.05) is 24.5 Å². The maximum Gasteiger partial charge on any atom is 0.223 e. The fourth-order valence-corrected chi connectivity index (χ4v) is 5.14. The van der Waals surface area contributed by atoms with E-state index in [4.69, 9.17) is 5.26 Å². The minimum atomic E-state index is -0.843. The number of anilines is 1. The number of halogens is 2. The van der Waals surface area contributed by atoms with Gasteiger partial charge in [-0.1, -0.05) is 6.07 Å². The van der Waals surface area contributed by atoms with Gasteiger partial charge in [0.15, 0.2) is 11.6 Å². The monoisotopic (exact) mass is 437 g/mol. The number of piperazine rings is 1. The first-order chi connectivity index (χ1) is 15.5. The predicted molar refractivity (Wildman–Crippen MR) is 115 cm³/mol. The Kier molecular flexibility index (Phi) is 5.30. The highest BCUT2D eigenvalue weighted by atomic mass is 19.2. The van der Waals surface area contributed by atoms with E-state index in [-0.39, 0.29) is 23.5 Å². The largest absolute Gasteiger partial charge is 0.347 e. The van der Waals surface area contributed by atoms with Crippen molar-refractivity contribution >= 4 is 11.7 Å². The molecular formula is C24H25F2N5O. The SMILES string of the molecule is N#Cc1ccc(N2C3CC[C@H]2CN(C(=O)CCNC2(c4ccc(F)c(F)c4)CC2)C3)nc1. The summed E-state index contributed by atoms with van der Waals surface area (Å²) in [5.41, 5.74) is 0.943. The Morgan fingerprint density at radius 2 is 1.91 bits per heavy atom. The maximum atomic E-state index is 13.6. The predicted octanol–water partition coefficient (Wildman–Crippen LogP) is 3.08. The number of hydrogen-bond acceptors (Lipinski definition) is 5. The maximum absolute atomic E-state index is 13.6. The molecule has 5 rings (SSSR count). The molecule has 32 heavy (non-hydrogen) atoms. The molecule has 0 spiro atoms. The summed E-state index contributed by atoms with van der Waals surface area (Å²) in [5.74, 6) is -0.697. The highest BCUT2D eigenvalue weighted by molar-refractivity contribution is 5.77. The molecule has 3 heterocycles. The number of fused-ring (bicyclic) bond motifs is 2. The summed E-state index contributed by atoms with van der Waals surface area (Å²) in [7, 11) is 0. The molecule has 2 saturated heterocycles. The summed E-state index contributed by atoms with van der Waals surface area (Å²) in [6, 6.07) is 10.3. The van der Waals surface area contributed by atoms with Gasteiger partial charge in [-0.2, -0.15) is 5.26 Å². The number of hydrogen-bond donors (Lipinski definition) is 1. The van der Waals surface area contributed by atoms with Crippen molar-refractivity contribution in [2.24, 2.45) is 0 Å². The molecule has 1 unspecified atom stereocenters. The van der Waals surface area contributed by atoms with E-state index in [2.05, 4.69) is 21.3 Å². The number of nitriles is 1. The normalized spacial score (nSPS) is 23.2. The molecule has 0 radical (unpaired) electrons. The highest BCUT2D eigenvalue weighted by Gasteiger charge is 2.45. The van der Waals surface area contributed by atoms with E-state index in [9.17, 15) is 13.6 Å². The van der Waals surface area contributed by atoms with Crippen molar-refractivity contribution in [1.29, 1.82) is 5.26 Å². The highest BCUT2D eigenvalue weighted by Crippen LogP contribution is 2.45. The molecule has 2 bridgehead atoms. The Morgan fingerprint density at radius 3 is 2.50 bits per heavy atom. The van der Waals surface area contributed by atoms with Crippen LogP contribution in [0.3, 0.4) is 0 Å². The van der Waals surface area contributed by atoms with Crippen molar-refractivity contribution in [3.05, 3.63) is 59.3 Å². The zero-order valence-electron chi connectivity index (χ0n) is 17.7. The zero-order valence-corrected chi connectivity index (χ0v) is 17.7. The first kappa shape index (κ1) is 20.8. The third-order valence-corrected chi connectivity index (χ3v) is 7.00. The number of likely N-dealkylation sites (tertiary alicyclic amines) is 1. The summed E-state index contributed by atoms with van der Waals surface area (Å²) in [6.45, 7) is 1.85. The van der Waals surface area contributed by atoms with Crippen LogP contribution >= 0.6 is 0 Å². The molecule has 3 fully saturated rings. The number of aromatic nitrogens is 1. The van der Waals surface area contributed by atoms with Gasteiger partial charge in [-0.3, -0.25) is 4.79 Å². The lowest BCUT2D eigenvalue weighted by Gasteiger charge is -2.42. The van der Waals surface area contributed by atoms with Crippen molar-refractivity contribution < 1.29 is 13.6 Å². The van der Waals surface area contributed by atoms with Crippen molar-refractivity contribution in [1.82, 2.24) is 15.2 Å². The number of carbonyl (C=O) groups is 1. The molecule has 1 aliphatic carbocycles. The van der Waals surface area contributed by atoms with Gasteiger partial charge in [0.05, 0.1) is 5.56 Å². The van der Waals surface area contributed by atoms with Gasteiger partial charge in [0.2, 0.25) is 5.91 Å². The molecule has 2 aliphatic heterocycles. The van der Waals surface area contributed by atoms with Gasteiger partial charge < -0.3 is 15.1 Å². The second-order valence-electron chi connectivity index (χ2n) is 9.00. The van der Waals surface area contributed by atoms with Crippen molar-refractivity contribution in [3.8, 4) is 6.07 Å². The van der Waals surface area contributed by atoms with E-state index in [1.54, 1.807) is 18.3 Å². The van der Waals surface area contributed by atoms with Crippen LogP contribution in [0.15, 0.2) is 36.5 Å². The minimum absolute atomic E-state index is 0.114. The minimum Gasteiger partial charge on any atom is -0.347 e. The van der Waals surface area contributed by atoms with Crippen molar-refractivity contribution in [2.45, 2.75) is 49.7 Å². The third kappa shape index (κ3) is 3.82. The summed E-state index contributed by atoms with van der Waals surface area (Å²) in [5, 5.41) is 12.4. The Balaban J connectivity index is 1.16. The fraction of sp³-hybridized carbons (Fsp3) is 0.458. The quantitative estimate of drug-likeness (QED) is 0.752. The van der Waals surface area contributed by atoms with E-state index in [1.807, 2.05) is 11.0 Å². The summed E-state index contributed by atoms with van der Waals surface area (Å²) < 4.78 is 26.9. The Morgan fingerprint density at radius 1 is 1.16 bits per heavy atom. The van der Waals surface area contributed by atoms with Crippen LogP contribution in [0.2, 0.25) is 0 Å². The molecule has 6 nitrogen and oxygen atoms in total. The zero-order chi connectivity index (χ0) is 22.3. The summed E-state index contributed by atoms with van der Waals surface area (Å²) in [4.78, 5) is 21.6. The molecular weight excluding hydrogens is 412 g/mol. The average Bonchev–Trinajstić information content (AvgIpc) is 3.55. The standard InChI is InChI=1S/C24H25F2N5O/c25-20-5-2-17(11-21(20)26)24(8-9-24)29-10-7-23(32)30-14-18-3-4-19(15-30)31(18)22-6-1-16(12-27)13-28-22/h1-2,5-6,11,13,18-19,29H,3-4,7-10,14-15H2/t18-,19?/m0/s1.